The second-order valence-corrected chi connectivity index (χ2v) is 15.1. The fraction of sp³-hybridized carbons (Fsp3) is 0.214. The van der Waals surface area contributed by atoms with Gasteiger partial charge in [-0.3, -0.25) is 11.8 Å². The Kier molecular flexibility index (Phi) is 19.9. The molecule has 0 amide bonds. The van der Waals surface area contributed by atoms with Crippen LogP contribution in [-0.2, 0) is 40.0 Å². The molecule has 6 aromatic carbocycles. The molecule has 4 heterocycles. The van der Waals surface area contributed by atoms with Crippen LogP contribution in [0, 0.1) is 36.8 Å². The summed E-state index contributed by atoms with van der Waals surface area (Å²) < 4.78 is 45.4. The van der Waals surface area contributed by atoms with Crippen molar-refractivity contribution in [1.29, 1.82) is 0 Å². The number of nitrogens with zero attached hydrogens (tertiary/aromatic N) is 4. The van der Waals surface area contributed by atoms with Gasteiger partial charge >= 0.3 is 21.1 Å². The maximum Gasteiger partial charge on any atom is 4.00 e. The van der Waals surface area contributed by atoms with Gasteiger partial charge in [-0.15, -0.1) is 47.5 Å². The van der Waals surface area contributed by atoms with E-state index in [1.807, 2.05) is 121 Å². The third-order valence-corrected chi connectivity index (χ3v) is 10.3. The third kappa shape index (κ3) is 15.2. The second-order valence-electron chi connectivity index (χ2n) is 15.1. The molecule has 14 nitrogen and oxygen atoms in total. The van der Waals surface area contributed by atoms with Crippen molar-refractivity contribution in [3.05, 3.63) is 170 Å². The van der Waals surface area contributed by atoms with E-state index in [0.717, 1.165) is 44.3 Å². The predicted molar refractivity (Wildman–Crippen MR) is 266 cm³/mol. The van der Waals surface area contributed by atoms with Crippen LogP contribution >= 0.6 is 0 Å². The molecular formula is C56H48N6O8Pt. The van der Waals surface area contributed by atoms with Crippen molar-refractivity contribution in [2.75, 3.05) is 89.9 Å². The number of anilines is 4. The molecule has 2 aromatic heterocycles. The zero-order valence-corrected chi connectivity index (χ0v) is 40.8. The van der Waals surface area contributed by atoms with E-state index in [1.165, 1.54) is 12.7 Å². The zero-order valence-electron chi connectivity index (χ0n) is 38.6. The van der Waals surface area contributed by atoms with Gasteiger partial charge in [-0.05, 0) is 24.3 Å². The number of aromatic nitrogens is 4. The van der Waals surface area contributed by atoms with Crippen LogP contribution in [0.4, 0.5) is 23.0 Å². The molecule has 71 heavy (non-hydrogen) atoms. The summed E-state index contributed by atoms with van der Waals surface area (Å²) in [6.07, 6.45) is 17.6. The van der Waals surface area contributed by atoms with Crippen LogP contribution < -0.4 is 29.6 Å². The Balaban J connectivity index is 0.000000168. The minimum atomic E-state index is 0. The van der Waals surface area contributed by atoms with Crippen LogP contribution in [0.3, 0.4) is 0 Å². The molecule has 10 rings (SSSR count). The quantitative estimate of drug-likeness (QED) is 0.125. The summed E-state index contributed by atoms with van der Waals surface area (Å²) in [6, 6.07) is 44.3. The van der Waals surface area contributed by atoms with Crippen molar-refractivity contribution in [1.82, 2.24) is 19.9 Å². The fourth-order valence-corrected chi connectivity index (χ4v) is 7.01. The van der Waals surface area contributed by atoms with Gasteiger partial charge < -0.3 is 61.4 Å². The van der Waals surface area contributed by atoms with E-state index in [1.54, 1.807) is 0 Å². The molecule has 2 aliphatic heterocycles. The number of rotatable bonds is 5. The Morgan fingerprint density at radius 3 is 1.17 bits per heavy atom. The number of ether oxygens (including phenoxy) is 8. The summed E-state index contributed by atoms with van der Waals surface area (Å²) >= 11 is 0. The largest absolute Gasteiger partial charge is 4.00 e. The van der Waals surface area contributed by atoms with Crippen LogP contribution in [-0.4, -0.2) is 99.2 Å². The minimum absolute atomic E-state index is 0. The Morgan fingerprint density at radius 2 is 0.803 bits per heavy atom. The third-order valence-electron chi connectivity index (χ3n) is 10.3. The van der Waals surface area contributed by atoms with Crippen molar-refractivity contribution in [3.8, 4) is 46.0 Å². The first-order valence-electron chi connectivity index (χ1n) is 22.6. The van der Waals surface area contributed by atoms with Gasteiger partial charge in [0.25, 0.3) is 0 Å². The standard InChI is InChI=1S/2C22H20N3O4.C12H8.Pt/c2*1-2-16-4-3-5-17(12-16)25-22-18-13-20-21(14-19(18)23-15-24-22)29-11-9-27-7-6-26-8-10-28-20;1-3-7-11(8-4-1)12-9-5-2-6-10-12;/h2*3-5,12-15H,6-11H2,(H,23,24,25);1-7,9H;/q2*-1;-2;+4. The molecule has 2 N–H and O–H groups in total. The molecule has 0 saturated carbocycles. The van der Waals surface area contributed by atoms with E-state index in [4.69, 9.17) is 50.7 Å². The molecule has 0 saturated heterocycles. The van der Waals surface area contributed by atoms with Crippen molar-refractivity contribution < 1.29 is 59.0 Å². The van der Waals surface area contributed by atoms with Crippen molar-refractivity contribution >= 4 is 44.8 Å². The second kappa shape index (κ2) is 27.6. The number of hydrogen-bond acceptors (Lipinski definition) is 14. The van der Waals surface area contributed by atoms with E-state index >= 15 is 0 Å². The van der Waals surface area contributed by atoms with Gasteiger partial charge in [0.1, 0.15) is 50.7 Å². The Morgan fingerprint density at radius 1 is 0.423 bits per heavy atom. The maximum absolute atomic E-state index is 7.30. The Hall–Kier alpha value is -7.55. The van der Waals surface area contributed by atoms with Gasteiger partial charge in [0.05, 0.1) is 63.9 Å². The van der Waals surface area contributed by atoms with Gasteiger partial charge in [0, 0.05) is 34.3 Å². The Bertz CT molecular complexity index is 2820. The maximum atomic E-state index is 7.30. The summed E-state index contributed by atoms with van der Waals surface area (Å²) in [6.45, 7) is 5.61. The number of benzene rings is 6. The molecule has 0 radical (unpaired) electrons. The number of fused-ring (bicyclic) bond motifs is 4. The molecule has 0 spiro atoms. The van der Waals surface area contributed by atoms with E-state index in [0.29, 0.717) is 125 Å². The molecule has 0 aliphatic carbocycles. The summed E-state index contributed by atoms with van der Waals surface area (Å²) in [5, 5.41) is 8.15. The van der Waals surface area contributed by atoms with E-state index in [9.17, 15) is 0 Å². The van der Waals surface area contributed by atoms with Crippen molar-refractivity contribution in [2.24, 2.45) is 0 Å². The summed E-state index contributed by atoms with van der Waals surface area (Å²) in [7, 11) is 0. The summed E-state index contributed by atoms with van der Waals surface area (Å²) in [5.41, 5.74) is 6.60. The molecule has 2 aliphatic rings. The van der Waals surface area contributed by atoms with E-state index in [-0.39, 0.29) is 21.1 Å². The van der Waals surface area contributed by atoms with Crippen molar-refractivity contribution in [2.45, 2.75) is 0 Å². The minimum Gasteiger partial charge on any atom is -0.487 e. The molecule has 0 fully saturated rings. The van der Waals surface area contributed by atoms with Gasteiger partial charge in [-0.1, -0.05) is 12.1 Å². The molecule has 0 atom stereocenters. The van der Waals surface area contributed by atoms with Gasteiger partial charge in [0.15, 0.2) is 23.0 Å². The smallest absolute Gasteiger partial charge is 0.487 e. The average molecular weight is 1130 g/mol. The molecular weight excluding hydrogens is 1080 g/mol. The number of nitrogens with one attached hydrogen (secondary N) is 2. The molecule has 0 bridgehead atoms. The normalized spacial score (nSPS) is 13.9. The summed E-state index contributed by atoms with van der Waals surface area (Å²) in [5.74, 6) is 8.44. The molecule has 0 unspecified atom stereocenters. The monoisotopic (exact) mass is 1130 g/mol. The predicted octanol–water partition coefficient (Wildman–Crippen LogP) is 9.18. The summed E-state index contributed by atoms with van der Waals surface area (Å²) in [4.78, 5) is 17.5. The first-order valence-corrected chi connectivity index (χ1v) is 22.6. The number of hydrogen-bond donors (Lipinski definition) is 2. The Labute approximate surface area is 427 Å². The van der Waals surface area contributed by atoms with Gasteiger partial charge in [-0.25, -0.2) is 31.1 Å². The first kappa shape index (κ1) is 51.3. The van der Waals surface area contributed by atoms with Gasteiger partial charge in [0.2, 0.25) is 0 Å². The topological polar surface area (TPSA) is 149 Å². The molecule has 8 aromatic rings. The SMILES string of the molecule is [C-]#Cc1cccc(Nc2ncnc3cc4c(cc23)OCCOCCOCCO4)c1.[C-]#Cc1cccc(Nc2ncnc3cc4c(cc23)OCCOCCOCCO4)c1.[Pt+4].[c-]1ccccc1-c1[c-]cccc1. The van der Waals surface area contributed by atoms with E-state index < -0.39 is 0 Å². The first-order chi connectivity index (χ1) is 34.6. The van der Waals surface area contributed by atoms with Crippen LogP contribution in [0.2, 0.25) is 0 Å². The fourth-order valence-electron chi connectivity index (χ4n) is 7.01. The van der Waals surface area contributed by atoms with Crippen molar-refractivity contribution in [3.63, 3.8) is 0 Å². The van der Waals surface area contributed by atoms with Crippen LogP contribution in [0.25, 0.3) is 32.9 Å². The van der Waals surface area contributed by atoms with E-state index in [2.05, 4.69) is 54.5 Å². The molecule has 15 heteroatoms. The van der Waals surface area contributed by atoms with Crippen LogP contribution in [0.15, 0.2) is 134 Å². The van der Waals surface area contributed by atoms with Crippen LogP contribution in [0.1, 0.15) is 11.1 Å². The molecule has 360 valence electrons. The van der Waals surface area contributed by atoms with Crippen LogP contribution in [0.5, 0.6) is 23.0 Å². The van der Waals surface area contributed by atoms with Gasteiger partial charge in [-0.2, -0.15) is 48.5 Å². The average Bonchev–Trinajstić information content (AvgIpc) is 3.40. The zero-order chi connectivity index (χ0) is 48.0.